The summed E-state index contributed by atoms with van der Waals surface area (Å²) in [7, 11) is 0. The van der Waals surface area contributed by atoms with Gasteiger partial charge in [-0.3, -0.25) is 5.10 Å². The van der Waals surface area contributed by atoms with Crippen molar-refractivity contribution in [1.82, 2.24) is 15.2 Å². The Hall–Kier alpha value is -2.84. The first-order chi connectivity index (χ1) is 10.4. The van der Waals surface area contributed by atoms with Crippen molar-refractivity contribution in [3.05, 3.63) is 41.7 Å². The number of aromatic nitrogens is 3. The van der Waals surface area contributed by atoms with Gasteiger partial charge in [-0.25, -0.2) is 9.37 Å². The first kappa shape index (κ1) is 14.1. The van der Waals surface area contributed by atoms with Crippen LogP contribution in [0.15, 0.2) is 30.3 Å². The van der Waals surface area contributed by atoms with E-state index in [1.807, 2.05) is 0 Å². The number of H-pyrrole nitrogens is 1. The molecule has 3 rings (SSSR count). The standard InChI is InChI=1S/C13H9F4N5/c14-10-7(13(15,16)17)2-1-3-8(10)19-9-5-4-6-11(18)21-22-12(6)20-9/h1-5H,(H4,18,19,20,21,22). The largest absolute Gasteiger partial charge is 0.419 e. The van der Waals surface area contributed by atoms with Crippen molar-refractivity contribution < 1.29 is 17.6 Å². The van der Waals surface area contributed by atoms with E-state index in [0.29, 0.717) is 17.1 Å². The molecule has 0 radical (unpaired) electrons. The number of aromatic amines is 1. The molecule has 0 spiro atoms. The molecule has 0 aliphatic rings. The number of hydrogen-bond acceptors (Lipinski definition) is 4. The maximum absolute atomic E-state index is 13.9. The fraction of sp³-hybridized carbons (Fsp3) is 0.0769. The molecule has 1 aromatic carbocycles. The molecule has 114 valence electrons. The lowest BCUT2D eigenvalue weighted by Gasteiger charge is -2.12. The fourth-order valence-electron chi connectivity index (χ4n) is 1.98. The van der Waals surface area contributed by atoms with Crippen LogP contribution in [0.4, 0.5) is 34.9 Å². The maximum Gasteiger partial charge on any atom is 0.419 e. The van der Waals surface area contributed by atoms with Crippen molar-refractivity contribution in [2.75, 3.05) is 11.1 Å². The summed E-state index contributed by atoms with van der Waals surface area (Å²) in [6.45, 7) is 0. The van der Waals surface area contributed by atoms with Gasteiger partial charge in [0.25, 0.3) is 0 Å². The molecular weight excluding hydrogens is 302 g/mol. The summed E-state index contributed by atoms with van der Waals surface area (Å²) in [6, 6.07) is 6.02. The molecular formula is C13H9F4N5. The normalized spacial score (nSPS) is 11.8. The minimum Gasteiger partial charge on any atom is -0.382 e. The van der Waals surface area contributed by atoms with Gasteiger partial charge in [-0.15, -0.1) is 0 Å². The molecule has 0 bridgehead atoms. The lowest BCUT2D eigenvalue weighted by Crippen LogP contribution is -2.09. The average molecular weight is 311 g/mol. The van der Waals surface area contributed by atoms with Crippen LogP contribution in [0, 0.1) is 5.82 Å². The Morgan fingerprint density at radius 2 is 1.91 bits per heavy atom. The molecule has 2 aromatic heterocycles. The summed E-state index contributed by atoms with van der Waals surface area (Å²) in [4.78, 5) is 4.07. The van der Waals surface area contributed by atoms with Crippen LogP contribution in [0.3, 0.4) is 0 Å². The number of rotatable bonds is 2. The molecule has 0 fully saturated rings. The van der Waals surface area contributed by atoms with E-state index in [2.05, 4.69) is 20.5 Å². The van der Waals surface area contributed by atoms with Crippen LogP contribution in [-0.2, 0) is 6.18 Å². The molecule has 0 saturated heterocycles. The number of halogens is 4. The number of pyridine rings is 1. The van der Waals surface area contributed by atoms with Crippen molar-refractivity contribution >= 4 is 28.4 Å². The molecule has 0 aliphatic heterocycles. The highest BCUT2D eigenvalue weighted by Gasteiger charge is 2.34. The van der Waals surface area contributed by atoms with Gasteiger partial charge in [-0.1, -0.05) is 6.07 Å². The molecule has 0 unspecified atom stereocenters. The van der Waals surface area contributed by atoms with Gasteiger partial charge in [-0.05, 0) is 24.3 Å². The molecule has 4 N–H and O–H groups in total. The van der Waals surface area contributed by atoms with Gasteiger partial charge < -0.3 is 11.1 Å². The number of nitrogen functional groups attached to an aromatic ring is 1. The Bertz CT molecular complexity index is 840. The Morgan fingerprint density at radius 3 is 2.64 bits per heavy atom. The second-order valence-electron chi connectivity index (χ2n) is 4.49. The highest BCUT2D eigenvalue weighted by atomic mass is 19.4. The second-order valence-corrected chi connectivity index (χ2v) is 4.49. The van der Waals surface area contributed by atoms with Crippen LogP contribution in [0.2, 0.25) is 0 Å². The van der Waals surface area contributed by atoms with Crippen LogP contribution in [0.1, 0.15) is 5.56 Å². The quantitative estimate of drug-likeness (QED) is 0.633. The molecule has 0 atom stereocenters. The Balaban J connectivity index is 1.98. The van der Waals surface area contributed by atoms with Gasteiger partial charge in [-0.2, -0.15) is 18.3 Å². The van der Waals surface area contributed by atoms with Gasteiger partial charge in [0.2, 0.25) is 0 Å². The van der Waals surface area contributed by atoms with E-state index in [1.165, 1.54) is 12.1 Å². The summed E-state index contributed by atoms with van der Waals surface area (Å²) in [6.07, 6.45) is -4.77. The van der Waals surface area contributed by atoms with Gasteiger partial charge in [0.1, 0.15) is 5.82 Å². The molecule has 0 saturated carbocycles. The number of hydrogen-bond donors (Lipinski definition) is 3. The van der Waals surface area contributed by atoms with Crippen molar-refractivity contribution in [3.63, 3.8) is 0 Å². The summed E-state index contributed by atoms with van der Waals surface area (Å²) < 4.78 is 51.9. The minimum atomic E-state index is -4.77. The van der Waals surface area contributed by atoms with E-state index in [1.54, 1.807) is 6.07 Å². The summed E-state index contributed by atoms with van der Waals surface area (Å²) in [5.74, 6) is -0.977. The van der Waals surface area contributed by atoms with E-state index in [9.17, 15) is 17.6 Å². The van der Waals surface area contributed by atoms with Crippen LogP contribution >= 0.6 is 0 Å². The Kier molecular flexibility index (Phi) is 3.12. The van der Waals surface area contributed by atoms with Gasteiger partial charge in [0.15, 0.2) is 17.3 Å². The molecule has 22 heavy (non-hydrogen) atoms. The Morgan fingerprint density at radius 1 is 1.14 bits per heavy atom. The number of fused-ring (bicyclic) bond motifs is 1. The molecule has 0 amide bonds. The van der Waals surface area contributed by atoms with E-state index < -0.39 is 17.6 Å². The lowest BCUT2D eigenvalue weighted by molar-refractivity contribution is -0.139. The molecule has 3 aromatic rings. The minimum absolute atomic E-state index is 0.161. The third kappa shape index (κ3) is 2.41. The number of nitrogens with two attached hydrogens (primary N) is 1. The third-order valence-corrected chi connectivity index (χ3v) is 3.02. The van der Waals surface area contributed by atoms with Crippen molar-refractivity contribution in [1.29, 1.82) is 0 Å². The van der Waals surface area contributed by atoms with Crippen LogP contribution in [0.5, 0.6) is 0 Å². The summed E-state index contributed by atoms with van der Waals surface area (Å²) >= 11 is 0. The molecule has 5 nitrogen and oxygen atoms in total. The maximum atomic E-state index is 13.9. The number of benzene rings is 1. The average Bonchev–Trinajstić information content (AvgIpc) is 2.81. The van der Waals surface area contributed by atoms with Gasteiger partial charge >= 0.3 is 6.18 Å². The first-order valence-electron chi connectivity index (χ1n) is 6.09. The van der Waals surface area contributed by atoms with Crippen molar-refractivity contribution in [3.8, 4) is 0 Å². The van der Waals surface area contributed by atoms with Crippen LogP contribution < -0.4 is 11.1 Å². The zero-order valence-corrected chi connectivity index (χ0v) is 10.9. The summed E-state index contributed by atoms with van der Waals surface area (Å²) in [5.41, 5.74) is 4.26. The fourth-order valence-corrected chi connectivity index (χ4v) is 1.98. The molecule has 2 heterocycles. The second kappa shape index (κ2) is 4.86. The highest BCUT2D eigenvalue weighted by molar-refractivity contribution is 5.87. The predicted octanol–water partition coefficient (Wildman–Crippen LogP) is 3.44. The smallest absolute Gasteiger partial charge is 0.382 e. The summed E-state index contributed by atoms with van der Waals surface area (Å²) in [5, 5.41) is 9.39. The third-order valence-electron chi connectivity index (χ3n) is 3.02. The molecule has 9 heteroatoms. The number of nitrogens with zero attached hydrogens (tertiary/aromatic N) is 2. The number of nitrogens with one attached hydrogen (secondary N) is 2. The van der Waals surface area contributed by atoms with E-state index in [0.717, 1.165) is 6.07 Å². The van der Waals surface area contributed by atoms with Crippen molar-refractivity contribution in [2.24, 2.45) is 0 Å². The highest BCUT2D eigenvalue weighted by Crippen LogP contribution is 2.34. The van der Waals surface area contributed by atoms with E-state index >= 15 is 0 Å². The van der Waals surface area contributed by atoms with Gasteiger partial charge in [0, 0.05) is 0 Å². The number of alkyl halides is 3. The van der Waals surface area contributed by atoms with E-state index in [-0.39, 0.29) is 17.3 Å². The SMILES string of the molecule is Nc1n[nH]c2nc(Nc3cccc(C(F)(F)F)c3F)ccc12. The van der Waals surface area contributed by atoms with E-state index in [4.69, 9.17) is 5.73 Å². The zero-order chi connectivity index (χ0) is 15.9. The van der Waals surface area contributed by atoms with Crippen LogP contribution in [-0.4, -0.2) is 15.2 Å². The monoisotopic (exact) mass is 311 g/mol. The Labute approximate surface area is 121 Å². The van der Waals surface area contributed by atoms with Crippen LogP contribution in [0.25, 0.3) is 11.0 Å². The predicted molar refractivity (Wildman–Crippen MR) is 73.0 cm³/mol. The lowest BCUT2D eigenvalue weighted by atomic mass is 10.1. The van der Waals surface area contributed by atoms with Gasteiger partial charge in [0.05, 0.1) is 16.6 Å². The zero-order valence-electron chi connectivity index (χ0n) is 10.9. The number of anilines is 3. The van der Waals surface area contributed by atoms with Crippen molar-refractivity contribution in [2.45, 2.75) is 6.18 Å². The topological polar surface area (TPSA) is 79.6 Å². The first-order valence-corrected chi connectivity index (χ1v) is 6.09. The molecule has 0 aliphatic carbocycles.